The maximum atomic E-state index is 13.4. The van der Waals surface area contributed by atoms with Crippen molar-refractivity contribution in [2.75, 3.05) is 13.1 Å². The first-order valence-electron chi connectivity index (χ1n) is 11.8. The molecule has 34 heavy (non-hydrogen) atoms. The summed E-state index contributed by atoms with van der Waals surface area (Å²) in [6, 6.07) is 12.9. The lowest BCUT2D eigenvalue weighted by molar-refractivity contribution is -0.136. The average molecular weight is 466 g/mol. The summed E-state index contributed by atoms with van der Waals surface area (Å²) in [6.07, 6.45) is 1.06. The smallest absolute Gasteiger partial charge is 0.255 e. The average Bonchev–Trinajstić information content (AvgIpc) is 3.16. The number of fused-ring (bicyclic) bond motifs is 1. The lowest BCUT2D eigenvalue weighted by Gasteiger charge is -2.29. The summed E-state index contributed by atoms with van der Waals surface area (Å²) in [5.74, 6) is -0.318. The topological polar surface area (TPSA) is 79.0 Å². The number of piperidine rings is 2. The van der Waals surface area contributed by atoms with E-state index in [2.05, 4.69) is 22.3 Å². The number of carbonyl (C=O) groups is 3. The van der Waals surface area contributed by atoms with Gasteiger partial charge in [0.05, 0.1) is 6.54 Å². The van der Waals surface area contributed by atoms with Gasteiger partial charge in [-0.3, -0.25) is 24.6 Å². The summed E-state index contributed by atoms with van der Waals surface area (Å²) in [7, 11) is 0. The molecule has 0 aliphatic carbocycles. The molecule has 2 aromatic carbocycles. The molecule has 1 unspecified atom stereocenters. The van der Waals surface area contributed by atoms with Crippen molar-refractivity contribution in [3.05, 3.63) is 64.7 Å². The number of alkyl halides is 1. The number of imide groups is 1. The molecule has 1 N–H and O–H groups in total. The van der Waals surface area contributed by atoms with Gasteiger partial charge in [-0.25, -0.2) is 4.39 Å². The lowest BCUT2D eigenvalue weighted by atomic mass is 10.0. The molecule has 3 heterocycles. The van der Waals surface area contributed by atoms with Gasteiger partial charge in [0.25, 0.3) is 5.91 Å². The molecule has 2 saturated heterocycles. The molecular weight excluding hydrogens is 437 g/mol. The van der Waals surface area contributed by atoms with E-state index >= 15 is 0 Å². The van der Waals surface area contributed by atoms with Gasteiger partial charge in [-0.05, 0) is 42.5 Å². The molecule has 0 aromatic heterocycles. The van der Waals surface area contributed by atoms with Crippen LogP contribution in [0.15, 0.2) is 42.5 Å². The molecule has 3 aliphatic rings. The molecule has 7 nitrogen and oxygen atoms in total. The quantitative estimate of drug-likeness (QED) is 0.664. The fraction of sp³-hybridized carbons (Fsp3) is 0.423. The van der Waals surface area contributed by atoms with Crippen molar-refractivity contribution < 1.29 is 23.5 Å². The van der Waals surface area contributed by atoms with Crippen molar-refractivity contribution in [2.24, 2.45) is 0 Å². The number of nitrogens with one attached hydrogen (secondary N) is 1. The van der Waals surface area contributed by atoms with Gasteiger partial charge in [-0.1, -0.05) is 30.3 Å². The number of carbonyl (C=O) groups excluding carboxylic acids is 3. The number of nitrogens with zero attached hydrogens (tertiary/aromatic N) is 2. The van der Waals surface area contributed by atoms with Crippen LogP contribution in [0.4, 0.5) is 4.39 Å². The van der Waals surface area contributed by atoms with Crippen LogP contribution in [0.2, 0.25) is 0 Å². The molecule has 0 radical (unpaired) electrons. The molecule has 1 atom stereocenters. The first-order chi connectivity index (χ1) is 16.5. The van der Waals surface area contributed by atoms with E-state index in [1.807, 2.05) is 18.2 Å². The van der Waals surface area contributed by atoms with Crippen LogP contribution in [-0.2, 0) is 29.3 Å². The highest BCUT2D eigenvalue weighted by Crippen LogP contribution is 2.34. The van der Waals surface area contributed by atoms with Crippen LogP contribution in [0.1, 0.15) is 52.7 Å². The van der Waals surface area contributed by atoms with Crippen LogP contribution in [0, 0.1) is 0 Å². The Morgan fingerprint density at radius 3 is 2.56 bits per heavy atom. The molecule has 0 spiro atoms. The van der Waals surface area contributed by atoms with Gasteiger partial charge in [0.15, 0.2) is 0 Å². The predicted octanol–water partition coefficient (Wildman–Crippen LogP) is 2.96. The zero-order chi connectivity index (χ0) is 23.7. The van der Waals surface area contributed by atoms with E-state index in [9.17, 15) is 18.8 Å². The second kappa shape index (κ2) is 9.54. The molecule has 3 amide bonds. The summed E-state index contributed by atoms with van der Waals surface area (Å²) in [5.41, 5.74) is 3.48. The highest BCUT2D eigenvalue weighted by molar-refractivity contribution is 6.05. The van der Waals surface area contributed by atoms with E-state index in [-0.39, 0.29) is 24.8 Å². The van der Waals surface area contributed by atoms with Crippen LogP contribution >= 0.6 is 0 Å². The summed E-state index contributed by atoms with van der Waals surface area (Å²) < 4.78 is 19.5. The van der Waals surface area contributed by atoms with Crippen molar-refractivity contribution in [1.29, 1.82) is 0 Å². The van der Waals surface area contributed by atoms with E-state index in [0.717, 1.165) is 36.3 Å². The van der Waals surface area contributed by atoms with Crippen LogP contribution in [0.25, 0.3) is 0 Å². The minimum Gasteiger partial charge on any atom is -0.489 e. The molecule has 5 rings (SSSR count). The summed E-state index contributed by atoms with van der Waals surface area (Å²) in [6.45, 7) is 2.97. The Bertz CT molecular complexity index is 1110. The third-order valence-electron chi connectivity index (χ3n) is 6.85. The fourth-order valence-electron chi connectivity index (χ4n) is 4.99. The van der Waals surface area contributed by atoms with Crippen LogP contribution in [-0.4, -0.2) is 52.8 Å². The molecule has 0 bridgehead atoms. The molecular formula is C26H28FN3O4. The second-order valence-corrected chi connectivity index (χ2v) is 9.24. The third kappa shape index (κ3) is 4.68. The van der Waals surface area contributed by atoms with Crippen molar-refractivity contribution in [3.8, 4) is 5.75 Å². The van der Waals surface area contributed by atoms with Gasteiger partial charge in [-0.15, -0.1) is 0 Å². The summed E-state index contributed by atoms with van der Waals surface area (Å²) >= 11 is 0. The molecule has 8 heteroatoms. The van der Waals surface area contributed by atoms with E-state index in [0.29, 0.717) is 37.2 Å². The second-order valence-electron chi connectivity index (χ2n) is 9.24. The number of likely N-dealkylation sites (tertiary alicyclic amines) is 1. The fourth-order valence-corrected chi connectivity index (χ4v) is 4.99. The third-order valence-corrected chi connectivity index (χ3v) is 6.85. The largest absolute Gasteiger partial charge is 0.489 e. The first-order valence-corrected chi connectivity index (χ1v) is 11.8. The van der Waals surface area contributed by atoms with Gasteiger partial charge in [0.2, 0.25) is 11.8 Å². The van der Waals surface area contributed by atoms with Gasteiger partial charge in [-0.2, -0.15) is 0 Å². The molecule has 2 fully saturated rings. The number of hydrogen-bond acceptors (Lipinski definition) is 5. The minimum absolute atomic E-state index is 0.214. The Morgan fingerprint density at radius 2 is 1.76 bits per heavy atom. The highest BCUT2D eigenvalue weighted by Gasteiger charge is 2.40. The molecule has 0 saturated carbocycles. The molecule has 178 valence electrons. The van der Waals surface area contributed by atoms with Crippen molar-refractivity contribution >= 4 is 17.7 Å². The highest BCUT2D eigenvalue weighted by atomic mass is 19.1. The zero-order valence-corrected chi connectivity index (χ0v) is 19.0. The first kappa shape index (κ1) is 22.5. The number of benzene rings is 2. The van der Waals surface area contributed by atoms with Gasteiger partial charge in [0.1, 0.15) is 24.6 Å². The van der Waals surface area contributed by atoms with E-state index in [1.54, 1.807) is 12.1 Å². The van der Waals surface area contributed by atoms with Gasteiger partial charge in [0, 0.05) is 37.2 Å². The van der Waals surface area contributed by atoms with E-state index in [4.69, 9.17) is 4.74 Å². The molecule has 2 aromatic rings. The van der Waals surface area contributed by atoms with Crippen molar-refractivity contribution in [1.82, 2.24) is 15.1 Å². The maximum Gasteiger partial charge on any atom is 0.255 e. The normalized spacial score (nSPS) is 21.5. The summed E-state index contributed by atoms with van der Waals surface area (Å²) in [4.78, 5) is 40.6. The Kier molecular flexibility index (Phi) is 6.32. The minimum atomic E-state index is -0.679. The molecule has 3 aliphatic heterocycles. The Balaban J connectivity index is 1.25. The predicted molar refractivity (Wildman–Crippen MR) is 123 cm³/mol. The van der Waals surface area contributed by atoms with Crippen LogP contribution in [0.3, 0.4) is 0 Å². The van der Waals surface area contributed by atoms with Crippen LogP contribution in [0.5, 0.6) is 5.75 Å². The van der Waals surface area contributed by atoms with Crippen molar-refractivity contribution in [2.45, 2.75) is 57.6 Å². The van der Waals surface area contributed by atoms with Gasteiger partial charge >= 0.3 is 0 Å². The van der Waals surface area contributed by atoms with Gasteiger partial charge < -0.3 is 9.64 Å². The lowest BCUT2D eigenvalue weighted by Crippen LogP contribution is -2.52. The standard InChI is InChI=1S/C26H28FN3O4/c27-19-9-11-29(12-10-19)14-17-3-1-4-18(13-17)16-34-23-6-2-5-20-21(23)15-30(26(20)33)22-7-8-24(31)28-25(22)32/h1-6,13,19,22H,7-12,14-16H2,(H,28,31,32). The number of rotatable bonds is 6. The Hall–Kier alpha value is -3.26. The number of amides is 3. The zero-order valence-electron chi connectivity index (χ0n) is 19.0. The number of hydrogen-bond donors (Lipinski definition) is 1. The van der Waals surface area contributed by atoms with E-state index in [1.165, 1.54) is 4.90 Å². The number of halogens is 1. The summed E-state index contributed by atoms with van der Waals surface area (Å²) in [5, 5.41) is 2.33. The number of ether oxygens (including phenoxy) is 1. The Labute approximate surface area is 197 Å². The van der Waals surface area contributed by atoms with Crippen molar-refractivity contribution in [3.63, 3.8) is 0 Å². The van der Waals surface area contributed by atoms with Crippen LogP contribution < -0.4 is 10.1 Å². The monoisotopic (exact) mass is 465 g/mol. The SMILES string of the molecule is O=C1CCC(N2Cc3c(OCc4cccc(CN5CCC(F)CC5)c4)cccc3C2=O)C(=O)N1. The maximum absolute atomic E-state index is 13.4. The Morgan fingerprint density at radius 1 is 1.00 bits per heavy atom. The van der Waals surface area contributed by atoms with E-state index < -0.39 is 18.1 Å².